The molecule has 0 radical (unpaired) electrons. The van der Waals surface area contributed by atoms with E-state index in [4.69, 9.17) is 10.5 Å². The van der Waals surface area contributed by atoms with Gasteiger partial charge in [0, 0.05) is 21.6 Å². The monoisotopic (exact) mass is 303 g/mol. The Labute approximate surface area is 98.0 Å². The van der Waals surface area contributed by atoms with E-state index in [-0.39, 0.29) is 11.6 Å². The summed E-state index contributed by atoms with van der Waals surface area (Å²) in [7, 11) is 0. The summed E-state index contributed by atoms with van der Waals surface area (Å²) >= 11 is 2.28. The average Bonchev–Trinajstić information content (AvgIpc) is 2.00. The number of fused-ring (bicyclic) bond motifs is 1. The van der Waals surface area contributed by atoms with Gasteiger partial charge in [-0.05, 0) is 48.6 Å². The Hall–Kier alpha value is -0.290. The summed E-state index contributed by atoms with van der Waals surface area (Å²) in [6, 6.07) is 6.29. The third-order valence-electron chi connectivity index (χ3n) is 2.47. The quantitative estimate of drug-likeness (QED) is 0.748. The Balaban J connectivity index is 2.46. The van der Waals surface area contributed by atoms with Crippen molar-refractivity contribution in [3.8, 4) is 5.75 Å². The zero-order valence-electron chi connectivity index (χ0n) is 8.38. The van der Waals surface area contributed by atoms with E-state index in [9.17, 15) is 0 Å². The van der Waals surface area contributed by atoms with Crippen molar-refractivity contribution < 1.29 is 4.74 Å². The van der Waals surface area contributed by atoms with Crippen LogP contribution >= 0.6 is 22.6 Å². The van der Waals surface area contributed by atoms with Crippen LogP contribution in [-0.4, -0.2) is 5.60 Å². The Bertz CT molecular complexity index is 362. The number of halogens is 1. The van der Waals surface area contributed by atoms with Gasteiger partial charge in [0.2, 0.25) is 0 Å². The predicted octanol–water partition coefficient (Wildman–Crippen LogP) is 2.85. The van der Waals surface area contributed by atoms with Gasteiger partial charge in [0.25, 0.3) is 0 Å². The summed E-state index contributed by atoms with van der Waals surface area (Å²) in [5, 5.41) is 0. The van der Waals surface area contributed by atoms with Gasteiger partial charge >= 0.3 is 0 Å². The zero-order valence-corrected chi connectivity index (χ0v) is 10.5. The van der Waals surface area contributed by atoms with Crippen LogP contribution in [0.1, 0.15) is 31.9 Å². The van der Waals surface area contributed by atoms with Crippen LogP contribution in [0, 0.1) is 3.57 Å². The molecule has 0 unspecified atom stereocenters. The molecular formula is C11H14INO. The van der Waals surface area contributed by atoms with Crippen molar-refractivity contribution >= 4 is 22.6 Å². The molecule has 1 aliphatic rings. The largest absolute Gasteiger partial charge is 0.487 e. The molecule has 0 aliphatic carbocycles. The lowest BCUT2D eigenvalue weighted by Gasteiger charge is -2.36. The predicted molar refractivity (Wildman–Crippen MR) is 65.4 cm³/mol. The van der Waals surface area contributed by atoms with Crippen molar-refractivity contribution in [1.29, 1.82) is 0 Å². The van der Waals surface area contributed by atoms with E-state index in [1.54, 1.807) is 0 Å². The molecule has 1 aliphatic heterocycles. The highest BCUT2D eigenvalue weighted by Crippen LogP contribution is 2.38. The van der Waals surface area contributed by atoms with E-state index in [1.807, 2.05) is 0 Å². The van der Waals surface area contributed by atoms with Gasteiger partial charge in [-0.15, -0.1) is 0 Å². The molecule has 0 amide bonds. The Morgan fingerprint density at radius 1 is 1.50 bits per heavy atom. The number of hydrogen-bond acceptors (Lipinski definition) is 2. The first-order valence-corrected chi connectivity index (χ1v) is 5.80. The fraction of sp³-hybridized carbons (Fsp3) is 0.455. The molecule has 1 heterocycles. The minimum atomic E-state index is -0.142. The Morgan fingerprint density at radius 2 is 2.21 bits per heavy atom. The number of hydrogen-bond donors (Lipinski definition) is 1. The SMILES string of the molecule is CC1(C)C[C@@H](N)c2ccc(I)cc2O1. The molecule has 14 heavy (non-hydrogen) atoms. The molecule has 2 N–H and O–H groups in total. The standard InChI is InChI=1S/C11H14INO/c1-11(2)6-9(13)8-4-3-7(12)5-10(8)14-11/h3-5,9H,6,13H2,1-2H3/t9-/m1/s1. The molecule has 76 valence electrons. The van der Waals surface area contributed by atoms with Gasteiger partial charge in [-0.25, -0.2) is 0 Å². The maximum Gasteiger partial charge on any atom is 0.125 e. The highest BCUT2D eigenvalue weighted by Gasteiger charge is 2.31. The number of rotatable bonds is 0. The average molecular weight is 303 g/mol. The van der Waals surface area contributed by atoms with Crippen molar-refractivity contribution in [3.05, 3.63) is 27.3 Å². The molecule has 0 spiro atoms. The Morgan fingerprint density at radius 3 is 2.93 bits per heavy atom. The van der Waals surface area contributed by atoms with Gasteiger partial charge in [-0.2, -0.15) is 0 Å². The summed E-state index contributed by atoms with van der Waals surface area (Å²) in [6.45, 7) is 4.16. The van der Waals surface area contributed by atoms with E-state index >= 15 is 0 Å². The van der Waals surface area contributed by atoms with Crippen LogP contribution < -0.4 is 10.5 Å². The van der Waals surface area contributed by atoms with Gasteiger partial charge in [0.05, 0.1) is 0 Å². The lowest BCUT2D eigenvalue weighted by molar-refractivity contribution is 0.0728. The first kappa shape index (κ1) is 10.2. The van der Waals surface area contributed by atoms with Gasteiger partial charge in [-0.3, -0.25) is 0 Å². The zero-order chi connectivity index (χ0) is 10.3. The first-order valence-electron chi connectivity index (χ1n) is 4.72. The van der Waals surface area contributed by atoms with Gasteiger partial charge in [0.15, 0.2) is 0 Å². The summed E-state index contributed by atoms with van der Waals surface area (Å²) in [6.07, 6.45) is 0.876. The second kappa shape index (κ2) is 3.38. The molecule has 2 rings (SSSR count). The molecule has 3 heteroatoms. The summed E-state index contributed by atoms with van der Waals surface area (Å²) < 4.78 is 7.07. The second-order valence-corrected chi connectivity index (χ2v) is 5.60. The highest BCUT2D eigenvalue weighted by molar-refractivity contribution is 14.1. The van der Waals surface area contributed by atoms with Crippen LogP contribution in [0.5, 0.6) is 5.75 Å². The highest BCUT2D eigenvalue weighted by atomic mass is 127. The lowest BCUT2D eigenvalue weighted by atomic mass is 9.90. The van der Waals surface area contributed by atoms with Gasteiger partial charge < -0.3 is 10.5 Å². The van der Waals surface area contributed by atoms with E-state index in [1.165, 1.54) is 3.57 Å². The normalized spacial score (nSPS) is 23.9. The topological polar surface area (TPSA) is 35.2 Å². The first-order chi connectivity index (χ1) is 6.48. The molecule has 0 bridgehead atoms. The molecule has 1 aromatic rings. The van der Waals surface area contributed by atoms with Gasteiger partial charge in [-0.1, -0.05) is 6.07 Å². The molecule has 0 saturated heterocycles. The van der Waals surface area contributed by atoms with Crippen molar-refractivity contribution in [2.45, 2.75) is 31.9 Å². The minimum Gasteiger partial charge on any atom is -0.487 e. The molecule has 1 aromatic carbocycles. The minimum absolute atomic E-state index is 0.103. The molecular weight excluding hydrogens is 289 g/mol. The van der Waals surface area contributed by atoms with Crippen molar-refractivity contribution in [2.75, 3.05) is 0 Å². The molecule has 0 fully saturated rings. The van der Waals surface area contributed by atoms with Crippen molar-refractivity contribution in [1.82, 2.24) is 0 Å². The van der Waals surface area contributed by atoms with Crippen LogP contribution in [0.3, 0.4) is 0 Å². The lowest BCUT2D eigenvalue weighted by Crippen LogP contribution is -2.37. The fourth-order valence-corrected chi connectivity index (χ4v) is 2.34. The van der Waals surface area contributed by atoms with E-state index in [2.05, 4.69) is 54.6 Å². The van der Waals surface area contributed by atoms with Crippen LogP contribution in [-0.2, 0) is 0 Å². The smallest absolute Gasteiger partial charge is 0.125 e. The number of benzene rings is 1. The third kappa shape index (κ3) is 1.88. The maximum absolute atomic E-state index is 6.09. The number of nitrogens with two attached hydrogens (primary N) is 1. The van der Waals surface area contributed by atoms with Crippen LogP contribution in [0.4, 0.5) is 0 Å². The van der Waals surface area contributed by atoms with Crippen LogP contribution in [0.2, 0.25) is 0 Å². The Kier molecular flexibility index (Phi) is 2.47. The maximum atomic E-state index is 6.09. The third-order valence-corrected chi connectivity index (χ3v) is 3.14. The number of ether oxygens (including phenoxy) is 1. The van der Waals surface area contributed by atoms with E-state index in [0.717, 1.165) is 17.7 Å². The molecule has 2 nitrogen and oxygen atoms in total. The summed E-state index contributed by atoms with van der Waals surface area (Å²) in [5.74, 6) is 0.945. The molecule has 0 aromatic heterocycles. The van der Waals surface area contributed by atoms with E-state index in [0.29, 0.717) is 0 Å². The van der Waals surface area contributed by atoms with Crippen LogP contribution in [0.25, 0.3) is 0 Å². The van der Waals surface area contributed by atoms with Crippen molar-refractivity contribution in [3.63, 3.8) is 0 Å². The summed E-state index contributed by atoms with van der Waals surface area (Å²) in [5.41, 5.74) is 7.08. The fourth-order valence-electron chi connectivity index (χ4n) is 1.88. The summed E-state index contributed by atoms with van der Waals surface area (Å²) in [4.78, 5) is 0. The van der Waals surface area contributed by atoms with E-state index < -0.39 is 0 Å². The van der Waals surface area contributed by atoms with Gasteiger partial charge in [0.1, 0.15) is 11.4 Å². The van der Waals surface area contributed by atoms with Crippen LogP contribution in [0.15, 0.2) is 18.2 Å². The van der Waals surface area contributed by atoms with Crippen molar-refractivity contribution in [2.24, 2.45) is 5.73 Å². The molecule has 0 saturated carbocycles. The molecule has 1 atom stereocenters. The second-order valence-electron chi connectivity index (χ2n) is 4.35.